The SMILES string of the molecule is CCC(=O)OCCN(C)c1ccc(/C=C/c2nc3ccc(N(C)C)cc3oc2=O)cc1. The van der Waals surface area contributed by atoms with Gasteiger partial charge in [0.1, 0.15) is 17.8 Å². The minimum absolute atomic E-state index is 0.196. The monoisotopic (exact) mass is 421 g/mol. The normalized spacial score (nSPS) is 11.1. The van der Waals surface area contributed by atoms with Crippen LogP contribution in [0.15, 0.2) is 51.7 Å². The van der Waals surface area contributed by atoms with E-state index in [-0.39, 0.29) is 11.7 Å². The molecule has 0 aliphatic rings. The van der Waals surface area contributed by atoms with Crippen LogP contribution in [-0.2, 0) is 9.53 Å². The maximum atomic E-state index is 12.3. The molecule has 0 saturated carbocycles. The van der Waals surface area contributed by atoms with Crippen molar-refractivity contribution in [1.29, 1.82) is 0 Å². The molecule has 3 aromatic rings. The Morgan fingerprint density at radius 3 is 2.45 bits per heavy atom. The van der Waals surface area contributed by atoms with Gasteiger partial charge in [0, 0.05) is 45.0 Å². The third kappa shape index (κ3) is 5.72. The maximum absolute atomic E-state index is 12.3. The van der Waals surface area contributed by atoms with E-state index < -0.39 is 5.63 Å². The molecule has 0 atom stereocenters. The van der Waals surface area contributed by atoms with Crippen molar-refractivity contribution in [3.8, 4) is 0 Å². The highest BCUT2D eigenvalue weighted by molar-refractivity contribution is 5.78. The summed E-state index contributed by atoms with van der Waals surface area (Å²) in [6.07, 6.45) is 3.87. The topological polar surface area (TPSA) is 75.9 Å². The largest absolute Gasteiger partial charge is 0.464 e. The molecule has 0 bridgehead atoms. The predicted octanol–water partition coefficient (Wildman–Crippen LogP) is 3.81. The summed E-state index contributed by atoms with van der Waals surface area (Å²) in [6, 6.07) is 13.4. The van der Waals surface area contributed by atoms with Crippen LogP contribution in [0.2, 0.25) is 0 Å². The van der Waals surface area contributed by atoms with Gasteiger partial charge in [-0.05, 0) is 35.9 Å². The van der Waals surface area contributed by atoms with Gasteiger partial charge in [-0.1, -0.05) is 25.1 Å². The lowest BCUT2D eigenvalue weighted by Crippen LogP contribution is -2.23. The Kier molecular flexibility index (Phi) is 7.07. The van der Waals surface area contributed by atoms with Crippen LogP contribution >= 0.6 is 0 Å². The van der Waals surface area contributed by atoms with Gasteiger partial charge in [-0.25, -0.2) is 9.78 Å². The molecule has 0 unspecified atom stereocenters. The van der Waals surface area contributed by atoms with E-state index in [0.29, 0.717) is 30.7 Å². The molecule has 162 valence electrons. The van der Waals surface area contributed by atoms with Crippen LogP contribution in [0.3, 0.4) is 0 Å². The fourth-order valence-electron chi connectivity index (χ4n) is 2.93. The lowest BCUT2D eigenvalue weighted by Gasteiger charge is -2.19. The molecule has 2 aromatic carbocycles. The summed E-state index contributed by atoms with van der Waals surface area (Å²) in [5, 5.41) is 0. The van der Waals surface area contributed by atoms with Gasteiger partial charge < -0.3 is 19.0 Å². The molecule has 0 aliphatic heterocycles. The van der Waals surface area contributed by atoms with Crippen LogP contribution in [0.25, 0.3) is 23.3 Å². The summed E-state index contributed by atoms with van der Waals surface area (Å²) in [4.78, 5) is 31.9. The summed E-state index contributed by atoms with van der Waals surface area (Å²) in [5.41, 5.74) is 3.75. The molecular formula is C24H27N3O4. The fraction of sp³-hybridized carbons (Fsp3) is 0.292. The van der Waals surface area contributed by atoms with Crippen molar-refractivity contribution in [3.05, 3.63) is 64.1 Å². The van der Waals surface area contributed by atoms with Gasteiger partial charge in [0.05, 0.1) is 6.54 Å². The zero-order valence-electron chi connectivity index (χ0n) is 18.3. The third-order valence-electron chi connectivity index (χ3n) is 4.86. The molecule has 7 nitrogen and oxygen atoms in total. The van der Waals surface area contributed by atoms with Crippen molar-refractivity contribution in [2.24, 2.45) is 0 Å². The van der Waals surface area contributed by atoms with Crippen LogP contribution in [0.4, 0.5) is 11.4 Å². The Bertz CT molecular complexity index is 1130. The van der Waals surface area contributed by atoms with Crippen LogP contribution < -0.4 is 15.4 Å². The Morgan fingerprint density at radius 2 is 1.77 bits per heavy atom. The smallest absolute Gasteiger partial charge is 0.362 e. The van der Waals surface area contributed by atoms with Gasteiger partial charge in [0.25, 0.3) is 0 Å². The number of nitrogens with zero attached hydrogens (tertiary/aromatic N) is 3. The molecule has 0 amide bonds. The molecule has 3 rings (SSSR count). The second-order valence-corrected chi connectivity index (χ2v) is 7.35. The second-order valence-electron chi connectivity index (χ2n) is 7.35. The number of aromatic nitrogens is 1. The highest BCUT2D eigenvalue weighted by Crippen LogP contribution is 2.19. The van der Waals surface area contributed by atoms with E-state index in [1.807, 2.05) is 73.4 Å². The first-order valence-electron chi connectivity index (χ1n) is 10.1. The molecule has 0 N–H and O–H groups in total. The Labute approximate surface area is 181 Å². The first kappa shape index (κ1) is 22.1. The third-order valence-corrected chi connectivity index (χ3v) is 4.86. The Morgan fingerprint density at radius 1 is 1.06 bits per heavy atom. The van der Waals surface area contributed by atoms with E-state index in [2.05, 4.69) is 4.98 Å². The highest BCUT2D eigenvalue weighted by atomic mass is 16.5. The van der Waals surface area contributed by atoms with Gasteiger partial charge in [-0.15, -0.1) is 0 Å². The van der Waals surface area contributed by atoms with Gasteiger partial charge in [0.2, 0.25) is 0 Å². The van der Waals surface area contributed by atoms with E-state index in [9.17, 15) is 9.59 Å². The molecule has 0 radical (unpaired) electrons. The zero-order chi connectivity index (χ0) is 22.4. The van der Waals surface area contributed by atoms with E-state index in [1.54, 1.807) is 19.1 Å². The van der Waals surface area contributed by atoms with Crippen LogP contribution in [0.5, 0.6) is 0 Å². The number of ether oxygens (including phenoxy) is 1. The number of benzene rings is 2. The van der Waals surface area contributed by atoms with Crippen molar-refractivity contribution < 1.29 is 13.9 Å². The lowest BCUT2D eigenvalue weighted by molar-refractivity contribution is -0.142. The fourth-order valence-corrected chi connectivity index (χ4v) is 2.93. The van der Waals surface area contributed by atoms with E-state index in [1.165, 1.54) is 0 Å². The van der Waals surface area contributed by atoms with Crippen molar-refractivity contribution in [2.45, 2.75) is 13.3 Å². The molecule has 0 spiro atoms. The minimum atomic E-state index is -0.474. The summed E-state index contributed by atoms with van der Waals surface area (Å²) >= 11 is 0. The first-order valence-corrected chi connectivity index (χ1v) is 10.1. The van der Waals surface area contributed by atoms with Gasteiger partial charge in [-0.3, -0.25) is 4.79 Å². The first-order chi connectivity index (χ1) is 14.9. The van der Waals surface area contributed by atoms with E-state index >= 15 is 0 Å². The summed E-state index contributed by atoms with van der Waals surface area (Å²) in [6.45, 7) is 2.74. The van der Waals surface area contributed by atoms with E-state index in [4.69, 9.17) is 9.15 Å². The molecule has 1 heterocycles. The quantitative estimate of drug-likeness (QED) is 0.512. The molecule has 0 fully saturated rings. The van der Waals surface area contributed by atoms with Crippen LogP contribution in [-0.4, -0.2) is 45.2 Å². The van der Waals surface area contributed by atoms with Crippen molar-refractivity contribution in [1.82, 2.24) is 4.98 Å². The number of carbonyl (C=O) groups excluding carboxylic acids is 1. The number of rotatable bonds is 8. The number of hydrogen-bond donors (Lipinski definition) is 0. The summed E-state index contributed by atoms with van der Waals surface area (Å²) in [5.74, 6) is -0.196. The molecular weight excluding hydrogens is 394 g/mol. The zero-order valence-corrected chi connectivity index (χ0v) is 18.3. The maximum Gasteiger partial charge on any atom is 0.362 e. The highest BCUT2D eigenvalue weighted by Gasteiger charge is 2.07. The summed E-state index contributed by atoms with van der Waals surface area (Å²) < 4.78 is 10.6. The number of carbonyl (C=O) groups is 1. The van der Waals surface area contributed by atoms with Crippen molar-refractivity contribution in [2.75, 3.05) is 44.1 Å². The predicted molar refractivity (Wildman–Crippen MR) is 124 cm³/mol. The molecule has 31 heavy (non-hydrogen) atoms. The van der Waals surface area contributed by atoms with Crippen LogP contribution in [0, 0.1) is 0 Å². The molecule has 0 aliphatic carbocycles. The Balaban J connectivity index is 1.69. The van der Waals surface area contributed by atoms with Gasteiger partial charge in [-0.2, -0.15) is 0 Å². The van der Waals surface area contributed by atoms with Crippen molar-refractivity contribution >= 4 is 40.6 Å². The van der Waals surface area contributed by atoms with Crippen LogP contribution in [0.1, 0.15) is 24.6 Å². The number of fused-ring (bicyclic) bond motifs is 1. The second kappa shape index (κ2) is 9.93. The summed E-state index contributed by atoms with van der Waals surface area (Å²) in [7, 11) is 5.79. The average Bonchev–Trinajstić information content (AvgIpc) is 2.77. The number of anilines is 2. The van der Waals surface area contributed by atoms with Gasteiger partial charge in [0.15, 0.2) is 5.58 Å². The number of esters is 1. The van der Waals surface area contributed by atoms with Gasteiger partial charge >= 0.3 is 11.6 Å². The standard InChI is InChI=1S/C24H27N3O4/c1-5-23(28)30-15-14-27(4)18-9-6-17(7-10-18)8-12-21-24(29)31-22-16-19(26(2)3)11-13-20(22)25-21/h6-13,16H,5,14-15H2,1-4H3/b12-8+. The number of hydrogen-bond acceptors (Lipinski definition) is 7. The lowest BCUT2D eigenvalue weighted by atomic mass is 10.1. The van der Waals surface area contributed by atoms with E-state index in [0.717, 1.165) is 16.9 Å². The Hall–Kier alpha value is -3.61. The molecule has 7 heteroatoms. The number of likely N-dealkylation sites (N-methyl/N-ethyl adjacent to an activating group) is 1. The molecule has 1 aromatic heterocycles. The minimum Gasteiger partial charge on any atom is -0.464 e. The van der Waals surface area contributed by atoms with Crippen molar-refractivity contribution in [3.63, 3.8) is 0 Å². The average molecular weight is 421 g/mol. The molecule has 0 saturated heterocycles.